The van der Waals surface area contributed by atoms with Crippen LogP contribution in [0.1, 0.15) is 21.8 Å². The molecule has 0 radical (unpaired) electrons. The first-order valence-corrected chi connectivity index (χ1v) is 9.97. The van der Waals surface area contributed by atoms with Gasteiger partial charge < -0.3 is 5.32 Å². The monoisotopic (exact) mass is 399 g/mol. The van der Waals surface area contributed by atoms with Gasteiger partial charge in [0.2, 0.25) is 5.91 Å². The summed E-state index contributed by atoms with van der Waals surface area (Å²) in [6.45, 7) is 3.48. The zero-order valence-electron chi connectivity index (χ0n) is 15.4. The van der Waals surface area contributed by atoms with Gasteiger partial charge >= 0.3 is 0 Å². The van der Waals surface area contributed by atoms with E-state index in [1.165, 1.54) is 16.9 Å². The van der Waals surface area contributed by atoms with Gasteiger partial charge in [-0.1, -0.05) is 47.5 Å². The first-order valence-electron chi connectivity index (χ1n) is 8.71. The number of aryl methyl sites for hydroxylation is 1. The molecule has 0 aliphatic carbocycles. The lowest BCUT2D eigenvalue weighted by atomic mass is 10.2. The fourth-order valence-electron chi connectivity index (χ4n) is 2.73. The van der Waals surface area contributed by atoms with Crippen molar-refractivity contribution < 1.29 is 4.79 Å². The minimum atomic E-state index is -0.0517. The van der Waals surface area contributed by atoms with Crippen LogP contribution in [0.2, 0.25) is 5.02 Å². The topological polar surface area (TPSA) is 45.2 Å². The summed E-state index contributed by atoms with van der Waals surface area (Å²) in [5, 5.41) is 6.52. The predicted molar refractivity (Wildman–Crippen MR) is 112 cm³/mol. The summed E-state index contributed by atoms with van der Waals surface area (Å²) >= 11 is 7.74. The molecular weight excluding hydrogens is 378 g/mol. The van der Waals surface area contributed by atoms with Gasteiger partial charge in [-0.25, -0.2) is 4.98 Å². The molecule has 27 heavy (non-hydrogen) atoms. The minimum Gasteiger partial charge on any atom is -0.326 e. The highest BCUT2D eigenvalue weighted by Crippen LogP contribution is 2.18. The van der Waals surface area contributed by atoms with E-state index in [0.717, 1.165) is 33.5 Å². The number of halogens is 1. The summed E-state index contributed by atoms with van der Waals surface area (Å²) in [4.78, 5) is 19.0. The van der Waals surface area contributed by atoms with E-state index in [1.807, 2.05) is 67.9 Å². The number of aromatic nitrogens is 1. The number of thiazole rings is 1. The van der Waals surface area contributed by atoms with Crippen molar-refractivity contribution in [1.82, 2.24) is 9.88 Å². The van der Waals surface area contributed by atoms with Crippen molar-refractivity contribution in [3.63, 3.8) is 0 Å². The molecule has 0 fully saturated rings. The van der Waals surface area contributed by atoms with Crippen LogP contribution in [0, 0.1) is 6.92 Å². The average molecular weight is 400 g/mol. The SMILES string of the molecule is Cc1ccc(NC(=O)Cc2nc(CN(C)Cc3ccccc3Cl)cs2)cc1. The highest BCUT2D eigenvalue weighted by Gasteiger charge is 2.11. The average Bonchev–Trinajstić information content (AvgIpc) is 3.05. The maximum atomic E-state index is 12.2. The van der Waals surface area contributed by atoms with E-state index in [9.17, 15) is 4.79 Å². The van der Waals surface area contributed by atoms with Crippen molar-refractivity contribution in [2.45, 2.75) is 26.4 Å². The Kier molecular flexibility index (Phi) is 6.61. The van der Waals surface area contributed by atoms with Gasteiger partial charge in [0.25, 0.3) is 0 Å². The van der Waals surface area contributed by atoms with Gasteiger partial charge in [-0.05, 0) is 37.7 Å². The van der Waals surface area contributed by atoms with Gasteiger partial charge in [0.15, 0.2) is 0 Å². The molecule has 1 heterocycles. The van der Waals surface area contributed by atoms with Crippen molar-refractivity contribution in [3.8, 4) is 0 Å². The summed E-state index contributed by atoms with van der Waals surface area (Å²) in [6.07, 6.45) is 0.284. The van der Waals surface area contributed by atoms with Crippen LogP contribution < -0.4 is 5.32 Å². The lowest BCUT2D eigenvalue weighted by molar-refractivity contribution is -0.115. The van der Waals surface area contributed by atoms with E-state index in [2.05, 4.69) is 15.2 Å². The molecule has 0 bridgehead atoms. The molecule has 4 nitrogen and oxygen atoms in total. The lowest BCUT2D eigenvalue weighted by Gasteiger charge is -2.16. The molecule has 3 aromatic rings. The van der Waals surface area contributed by atoms with Gasteiger partial charge in [0.05, 0.1) is 12.1 Å². The summed E-state index contributed by atoms with van der Waals surface area (Å²) in [5.74, 6) is -0.0517. The van der Waals surface area contributed by atoms with Gasteiger partial charge in [-0.3, -0.25) is 9.69 Å². The van der Waals surface area contributed by atoms with Crippen LogP contribution in [0.3, 0.4) is 0 Å². The molecule has 0 saturated heterocycles. The molecule has 0 aliphatic rings. The van der Waals surface area contributed by atoms with Crippen LogP contribution in [0.4, 0.5) is 5.69 Å². The van der Waals surface area contributed by atoms with Crippen LogP contribution in [0.15, 0.2) is 53.9 Å². The molecule has 1 N–H and O–H groups in total. The number of rotatable bonds is 7. The number of hydrogen-bond acceptors (Lipinski definition) is 4. The first-order chi connectivity index (χ1) is 13.0. The number of carbonyl (C=O) groups is 1. The van der Waals surface area contributed by atoms with Crippen LogP contribution in [0.5, 0.6) is 0 Å². The standard InChI is InChI=1S/C21H22ClN3OS/c1-15-7-9-17(10-8-15)23-20(26)11-21-24-18(14-27-21)13-25(2)12-16-5-3-4-6-19(16)22/h3-10,14H,11-13H2,1-2H3,(H,23,26). The van der Waals surface area contributed by atoms with E-state index >= 15 is 0 Å². The minimum absolute atomic E-state index is 0.0517. The molecule has 6 heteroatoms. The highest BCUT2D eigenvalue weighted by molar-refractivity contribution is 7.09. The number of benzene rings is 2. The van der Waals surface area contributed by atoms with Crippen molar-refractivity contribution in [3.05, 3.63) is 80.8 Å². The van der Waals surface area contributed by atoms with E-state index < -0.39 is 0 Å². The first kappa shape index (κ1) is 19.5. The number of anilines is 1. The Morgan fingerprint density at radius 3 is 2.63 bits per heavy atom. The zero-order valence-corrected chi connectivity index (χ0v) is 17.0. The number of hydrogen-bond donors (Lipinski definition) is 1. The Balaban J connectivity index is 1.52. The smallest absolute Gasteiger partial charge is 0.231 e. The van der Waals surface area contributed by atoms with E-state index in [1.54, 1.807) is 0 Å². The van der Waals surface area contributed by atoms with E-state index in [4.69, 9.17) is 11.6 Å². The van der Waals surface area contributed by atoms with Crippen molar-refractivity contribution in [2.75, 3.05) is 12.4 Å². The Labute approximate surface area is 168 Å². The Morgan fingerprint density at radius 2 is 1.89 bits per heavy atom. The third-order valence-electron chi connectivity index (χ3n) is 4.08. The number of nitrogens with one attached hydrogen (secondary N) is 1. The van der Waals surface area contributed by atoms with Gasteiger partial charge in [-0.15, -0.1) is 11.3 Å². The fourth-order valence-corrected chi connectivity index (χ4v) is 3.71. The highest BCUT2D eigenvalue weighted by atomic mass is 35.5. The van der Waals surface area contributed by atoms with Crippen molar-refractivity contribution in [2.24, 2.45) is 0 Å². The number of carbonyl (C=O) groups excluding carboxylic acids is 1. The van der Waals surface area contributed by atoms with Gasteiger partial charge in [0.1, 0.15) is 5.01 Å². The van der Waals surface area contributed by atoms with Crippen LogP contribution in [-0.2, 0) is 24.3 Å². The maximum absolute atomic E-state index is 12.2. The van der Waals surface area contributed by atoms with Gasteiger partial charge in [0, 0.05) is 29.2 Å². The molecule has 0 unspecified atom stereocenters. The maximum Gasteiger partial charge on any atom is 0.231 e. The molecule has 0 aliphatic heterocycles. The van der Waals surface area contributed by atoms with Crippen molar-refractivity contribution >= 4 is 34.5 Å². The molecule has 3 rings (SSSR count). The molecule has 1 aromatic heterocycles. The number of amides is 1. The quantitative estimate of drug-likeness (QED) is 0.613. The van der Waals surface area contributed by atoms with Crippen LogP contribution in [-0.4, -0.2) is 22.8 Å². The Morgan fingerprint density at radius 1 is 1.15 bits per heavy atom. The molecule has 0 spiro atoms. The summed E-state index contributed by atoms with van der Waals surface area (Å²) in [6, 6.07) is 15.6. The third kappa shape index (κ3) is 5.89. The van der Waals surface area contributed by atoms with Gasteiger partial charge in [-0.2, -0.15) is 0 Å². The molecular formula is C21H22ClN3OS. The lowest BCUT2D eigenvalue weighted by Crippen LogP contribution is -2.18. The Bertz CT molecular complexity index is 908. The zero-order chi connectivity index (χ0) is 19.2. The fraction of sp³-hybridized carbons (Fsp3) is 0.238. The molecule has 1 amide bonds. The third-order valence-corrected chi connectivity index (χ3v) is 5.34. The molecule has 0 saturated carbocycles. The second-order valence-corrected chi connectivity index (χ2v) is 7.94. The van der Waals surface area contributed by atoms with Crippen LogP contribution in [0.25, 0.3) is 0 Å². The summed E-state index contributed by atoms with van der Waals surface area (Å²) < 4.78 is 0. The second-order valence-electron chi connectivity index (χ2n) is 6.59. The van der Waals surface area contributed by atoms with Crippen LogP contribution >= 0.6 is 22.9 Å². The summed E-state index contributed by atoms with van der Waals surface area (Å²) in [5.41, 5.74) is 4.03. The van der Waals surface area contributed by atoms with Crippen molar-refractivity contribution in [1.29, 1.82) is 0 Å². The van der Waals surface area contributed by atoms with E-state index in [0.29, 0.717) is 6.54 Å². The number of nitrogens with zero attached hydrogens (tertiary/aromatic N) is 2. The Hall–Kier alpha value is -2.21. The predicted octanol–water partition coefficient (Wildman–Crippen LogP) is 4.92. The normalized spacial score (nSPS) is 11.0. The molecule has 140 valence electrons. The molecule has 2 aromatic carbocycles. The largest absolute Gasteiger partial charge is 0.326 e. The van der Waals surface area contributed by atoms with E-state index in [-0.39, 0.29) is 12.3 Å². The second kappa shape index (κ2) is 9.13. The molecule has 0 atom stereocenters. The summed E-state index contributed by atoms with van der Waals surface area (Å²) in [7, 11) is 2.03.